The largest absolute Gasteiger partial charge is 0.492 e. The minimum Gasteiger partial charge on any atom is -0.492 e. The Labute approximate surface area is 140 Å². The Bertz CT molecular complexity index is 837. The van der Waals surface area contributed by atoms with Crippen LogP contribution in [0, 0.1) is 5.82 Å². The quantitative estimate of drug-likeness (QED) is 0.898. The Morgan fingerprint density at radius 2 is 1.96 bits per heavy atom. The summed E-state index contributed by atoms with van der Waals surface area (Å²) in [5.41, 5.74) is 1.97. The predicted octanol–water partition coefficient (Wildman–Crippen LogP) is 2.30. The lowest BCUT2D eigenvalue weighted by Gasteiger charge is -2.25. The fraction of sp³-hybridized carbons (Fsp3) is 0.294. The van der Waals surface area contributed by atoms with E-state index in [1.807, 2.05) is 0 Å². The van der Waals surface area contributed by atoms with E-state index in [9.17, 15) is 12.8 Å². The summed E-state index contributed by atoms with van der Waals surface area (Å²) in [6.45, 7) is 3.18. The van der Waals surface area contributed by atoms with E-state index in [1.165, 1.54) is 18.2 Å². The van der Waals surface area contributed by atoms with Gasteiger partial charge in [0.1, 0.15) is 18.2 Å². The van der Waals surface area contributed by atoms with E-state index in [1.54, 1.807) is 24.3 Å². The topological polar surface area (TPSA) is 72.6 Å². The Morgan fingerprint density at radius 1 is 1.25 bits per heavy atom. The summed E-state index contributed by atoms with van der Waals surface area (Å²) in [4.78, 5) is 2.31. The number of hydrogen-bond acceptors (Lipinski definition) is 4. The van der Waals surface area contributed by atoms with Crippen LogP contribution in [0.3, 0.4) is 0 Å². The van der Waals surface area contributed by atoms with Crippen LogP contribution in [0.2, 0.25) is 0 Å². The van der Waals surface area contributed by atoms with Crippen LogP contribution in [0.25, 0.3) is 0 Å². The number of halogens is 1. The Balaban J connectivity index is 1.68. The van der Waals surface area contributed by atoms with Crippen molar-refractivity contribution in [2.45, 2.75) is 24.3 Å². The summed E-state index contributed by atoms with van der Waals surface area (Å²) in [5, 5.41) is 5.19. The van der Waals surface area contributed by atoms with Crippen molar-refractivity contribution in [3.05, 3.63) is 53.8 Å². The monoisotopic (exact) mass is 350 g/mol. The third kappa shape index (κ3) is 3.52. The van der Waals surface area contributed by atoms with Gasteiger partial charge in [0.2, 0.25) is 10.0 Å². The first-order valence-corrected chi connectivity index (χ1v) is 9.20. The van der Waals surface area contributed by atoms with Gasteiger partial charge in [0.05, 0.1) is 11.4 Å². The predicted molar refractivity (Wildman–Crippen MR) is 90.2 cm³/mol. The Kier molecular flexibility index (Phi) is 4.47. The average Bonchev–Trinajstić information content (AvgIpc) is 2.83. The molecule has 1 aliphatic rings. The van der Waals surface area contributed by atoms with Crippen LogP contribution >= 0.6 is 0 Å². The van der Waals surface area contributed by atoms with E-state index in [-0.39, 0.29) is 16.8 Å². The van der Waals surface area contributed by atoms with Gasteiger partial charge in [-0.25, -0.2) is 17.9 Å². The number of ether oxygens (including phenoxy) is 1. The van der Waals surface area contributed by atoms with Gasteiger partial charge in [0.15, 0.2) is 0 Å². The highest BCUT2D eigenvalue weighted by Crippen LogP contribution is 2.33. The molecule has 128 valence electrons. The molecule has 0 bridgehead atoms. The summed E-state index contributed by atoms with van der Waals surface area (Å²) in [5.74, 6) is 0.322. The normalized spacial score (nSPS) is 17.0. The van der Waals surface area contributed by atoms with E-state index in [4.69, 9.17) is 9.88 Å². The van der Waals surface area contributed by atoms with Gasteiger partial charge < -0.3 is 9.64 Å². The number of nitrogens with zero attached hydrogens (tertiary/aromatic N) is 1. The minimum atomic E-state index is -3.69. The lowest BCUT2D eigenvalue weighted by molar-refractivity contribution is 0.320. The molecule has 0 saturated heterocycles. The molecule has 2 aromatic carbocycles. The van der Waals surface area contributed by atoms with Crippen molar-refractivity contribution < 1.29 is 17.5 Å². The summed E-state index contributed by atoms with van der Waals surface area (Å²) >= 11 is 0. The molecule has 3 rings (SSSR count). The lowest BCUT2D eigenvalue weighted by Crippen LogP contribution is -2.33. The van der Waals surface area contributed by atoms with E-state index in [0.29, 0.717) is 18.9 Å². The molecular weight excluding hydrogens is 331 g/mol. The van der Waals surface area contributed by atoms with Crippen LogP contribution < -0.4 is 14.8 Å². The van der Waals surface area contributed by atoms with Crippen LogP contribution in [-0.4, -0.2) is 27.6 Å². The Morgan fingerprint density at radius 3 is 2.62 bits per heavy atom. The third-order valence-corrected chi connectivity index (χ3v) is 5.06. The summed E-state index contributed by atoms with van der Waals surface area (Å²) in [7, 11) is -3.69. The number of hydrogen-bond donors (Lipinski definition) is 1. The van der Waals surface area contributed by atoms with E-state index in [2.05, 4.69) is 11.8 Å². The first-order valence-electron chi connectivity index (χ1n) is 7.65. The van der Waals surface area contributed by atoms with E-state index < -0.39 is 10.0 Å². The second kappa shape index (κ2) is 6.41. The summed E-state index contributed by atoms with van der Waals surface area (Å²) in [6, 6.07) is 11.1. The maximum absolute atomic E-state index is 12.9. The molecule has 0 aliphatic carbocycles. The van der Waals surface area contributed by atoms with Gasteiger partial charge in [0.25, 0.3) is 0 Å². The average molecular weight is 350 g/mol. The minimum absolute atomic E-state index is 0.137. The number of nitrogens with two attached hydrogens (primary N) is 1. The number of benzene rings is 2. The van der Waals surface area contributed by atoms with Crippen molar-refractivity contribution >= 4 is 15.7 Å². The lowest BCUT2D eigenvalue weighted by atomic mass is 10.1. The van der Waals surface area contributed by atoms with Crippen molar-refractivity contribution in [2.75, 3.05) is 18.1 Å². The highest BCUT2D eigenvalue weighted by Gasteiger charge is 2.27. The molecule has 5 nitrogen and oxygen atoms in total. The van der Waals surface area contributed by atoms with Crippen molar-refractivity contribution in [2.24, 2.45) is 5.14 Å². The molecule has 7 heteroatoms. The van der Waals surface area contributed by atoms with Gasteiger partial charge in [-0.15, -0.1) is 0 Å². The van der Waals surface area contributed by atoms with Gasteiger partial charge in [-0.1, -0.05) is 0 Å². The zero-order valence-corrected chi connectivity index (χ0v) is 14.1. The first kappa shape index (κ1) is 16.7. The maximum Gasteiger partial charge on any atom is 0.238 e. The number of fused-ring (bicyclic) bond motifs is 1. The molecule has 24 heavy (non-hydrogen) atoms. The fourth-order valence-corrected chi connectivity index (χ4v) is 3.55. The number of primary sulfonamides is 1. The standard InChI is InChI=1S/C17H19FN2O3S/c1-12-10-13-11-16(24(19,21)22)6-7-17(13)20(12)8-9-23-15-4-2-14(18)3-5-15/h2-7,11-12H,8-10H2,1H3,(H2,19,21,22). The second-order valence-electron chi connectivity index (χ2n) is 5.88. The number of rotatable bonds is 5. The zero-order valence-electron chi connectivity index (χ0n) is 13.3. The van der Waals surface area contributed by atoms with Gasteiger partial charge in [-0.05, 0) is 61.4 Å². The van der Waals surface area contributed by atoms with Crippen molar-refractivity contribution in [3.63, 3.8) is 0 Å². The molecule has 0 fully saturated rings. The van der Waals surface area contributed by atoms with Crippen LogP contribution in [0.15, 0.2) is 47.4 Å². The molecule has 0 spiro atoms. The molecule has 0 saturated carbocycles. The summed E-state index contributed by atoms with van der Waals surface area (Å²) in [6.07, 6.45) is 0.759. The van der Waals surface area contributed by atoms with E-state index in [0.717, 1.165) is 17.7 Å². The van der Waals surface area contributed by atoms with Crippen molar-refractivity contribution in [1.82, 2.24) is 0 Å². The SMILES string of the molecule is CC1Cc2cc(S(N)(=O)=O)ccc2N1CCOc1ccc(F)cc1. The van der Waals surface area contributed by atoms with Crippen molar-refractivity contribution in [1.29, 1.82) is 0 Å². The van der Waals surface area contributed by atoms with E-state index >= 15 is 0 Å². The van der Waals surface area contributed by atoms with Crippen LogP contribution in [0.1, 0.15) is 12.5 Å². The molecule has 2 N–H and O–H groups in total. The molecule has 0 radical (unpaired) electrons. The molecule has 1 atom stereocenters. The van der Waals surface area contributed by atoms with Crippen molar-refractivity contribution in [3.8, 4) is 5.75 Å². The number of sulfonamides is 1. The van der Waals surface area contributed by atoms with Crippen LogP contribution in [0.4, 0.5) is 10.1 Å². The van der Waals surface area contributed by atoms with Gasteiger partial charge in [-0.3, -0.25) is 0 Å². The highest BCUT2D eigenvalue weighted by atomic mass is 32.2. The second-order valence-corrected chi connectivity index (χ2v) is 7.45. The Hall–Kier alpha value is -2.12. The summed E-state index contributed by atoms with van der Waals surface area (Å²) < 4.78 is 41.4. The van der Waals surface area contributed by atoms with Crippen LogP contribution in [0.5, 0.6) is 5.75 Å². The first-order chi connectivity index (χ1) is 11.3. The molecule has 0 aromatic heterocycles. The molecule has 0 amide bonds. The molecule has 1 heterocycles. The number of anilines is 1. The molecule has 1 unspecified atom stereocenters. The van der Waals surface area contributed by atoms with Gasteiger partial charge >= 0.3 is 0 Å². The third-order valence-electron chi connectivity index (χ3n) is 4.15. The maximum atomic E-state index is 12.9. The van der Waals surface area contributed by atoms with Gasteiger partial charge in [-0.2, -0.15) is 0 Å². The molecular formula is C17H19FN2O3S. The smallest absolute Gasteiger partial charge is 0.238 e. The zero-order chi connectivity index (χ0) is 17.3. The molecule has 2 aromatic rings. The van der Waals surface area contributed by atoms with Gasteiger partial charge in [0, 0.05) is 11.7 Å². The van der Waals surface area contributed by atoms with Crippen LogP contribution in [-0.2, 0) is 16.4 Å². The highest BCUT2D eigenvalue weighted by molar-refractivity contribution is 7.89. The fourth-order valence-electron chi connectivity index (χ4n) is 2.98. The molecule has 1 aliphatic heterocycles.